The van der Waals surface area contributed by atoms with Gasteiger partial charge in [0.2, 0.25) is 0 Å². The fourth-order valence-corrected chi connectivity index (χ4v) is 1.55. The average Bonchev–Trinajstić information content (AvgIpc) is 2.88. The van der Waals surface area contributed by atoms with Gasteiger partial charge < -0.3 is 9.84 Å². The van der Waals surface area contributed by atoms with Crippen molar-refractivity contribution in [2.24, 2.45) is 0 Å². The van der Waals surface area contributed by atoms with E-state index in [0.717, 1.165) is 12.8 Å². The zero-order valence-corrected chi connectivity index (χ0v) is 8.96. The molecule has 1 saturated carbocycles. The molecule has 2 nitrogen and oxygen atoms in total. The molecule has 0 amide bonds. The Balaban J connectivity index is 2.23. The van der Waals surface area contributed by atoms with Gasteiger partial charge in [-0.15, -0.1) is 0 Å². The van der Waals surface area contributed by atoms with Crippen LogP contribution in [-0.2, 0) is 5.60 Å². The summed E-state index contributed by atoms with van der Waals surface area (Å²) in [6.45, 7) is 3.70. The fourth-order valence-electron chi connectivity index (χ4n) is 1.55. The molecule has 0 bridgehead atoms. The largest absolute Gasteiger partial charge is 0.488 e. The third-order valence-electron chi connectivity index (χ3n) is 2.56. The first-order valence-corrected chi connectivity index (χ1v) is 5.20. The molecule has 0 saturated heterocycles. The summed E-state index contributed by atoms with van der Waals surface area (Å²) in [4.78, 5) is 0. The second-order valence-corrected chi connectivity index (χ2v) is 4.34. The van der Waals surface area contributed by atoms with Crippen LogP contribution in [0.15, 0.2) is 18.2 Å². The maximum atomic E-state index is 13.5. The number of aliphatic hydroxyl groups is 1. The second-order valence-electron chi connectivity index (χ2n) is 4.34. The van der Waals surface area contributed by atoms with E-state index in [4.69, 9.17) is 4.74 Å². The molecule has 1 aliphatic carbocycles. The molecular formula is C12H15FO2. The smallest absolute Gasteiger partial charge is 0.165 e. The van der Waals surface area contributed by atoms with Crippen molar-refractivity contribution in [3.05, 3.63) is 29.6 Å². The minimum Gasteiger partial charge on any atom is -0.488 e. The number of ether oxygens (including phenoxy) is 1. The molecule has 1 aliphatic rings. The summed E-state index contributed by atoms with van der Waals surface area (Å²) in [5, 5.41) is 9.79. The highest BCUT2D eigenvalue weighted by Gasteiger charge is 2.42. The Morgan fingerprint density at radius 1 is 1.40 bits per heavy atom. The highest BCUT2D eigenvalue weighted by atomic mass is 19.1. The van der Waals surface area contributed by atoms with Crippen molar-refractivity contribution in [3.8, 4) is 5.75 Å². The van der Waals surface area contributed by atoms with Gasteiger partial charge in [-0.1, -0.05) is 6.07 Å². The van der Waals surface area contributed by atoms with Crippen LogP contribution in [0.5, 0.6) is 5.75 Å². The Hall–Kier alpha value is -1.09. The summed E-state index contributed by atoms with van der Waals surface area (Å²) in [5.74, 6) is -0.153. The van der Waals surface area contributed by atoms with Gasteiger partial charge in [-0.3, -0.25) is 0 Å². The number of rotatable bonds is 3. The number of hydrogen-bond donors (Lipinski definition) is 1. The lowest BCUT2D eigenvalue weighted by molar-refractivity contribution is 0.150. The van der Waals surface area contributed by atoms with Gasteiger partial charge in [0.1, 0.15) is 0 Å². The molecule has 1 aromatic carbocycles. The molecule has 0 spiro atoms. The fraction of sp³-hybridized carbons (Fsp3) is 0.500. The van der Waals surface area contributed by atoms with Crippen molar-refractivity contribution in [2.45, 2.75) is 38.4 Å². The maximum absolute atomic E-state index is 13.5. The van der Waals surface area contributed by atoms with Gasteiger partial charge >= 0.3 is 0 Å². The Morgan fingerprint density at radius 2 is 2.07 bits per heavy atom. The summed E-state index contributed by atoms with van der Waals surface area (Å²) in [5.41, 5.74) is -0.131. The molecule has 0 radical (unpaired) electrons. The van der Waals surface area contributed by atoms with Crippen molar-refractivity contribution >= 4 is 0 Å². The quantitative estimate of drug-likeness (QED) is 0.830. The lowest BCUT2D eigenvalue weighted by Crippen LogP contribution is -2.09. The Kier molecular flexibility index (Phi) is 2.43. The molecule has 0 aliphatic heterocycles. The summed E-state index contributed by atoms with van der Waals surface area (Å²) >= 11 is 0. The van der Waals surface area contributed by atoms with Gasteiger partial charge in [-0.2, -0.15) is 0 Å². The third-order valence-corrected chi connectivity index (χ3v) is 2.56. The van der Waals surface area contributed by atoms with Crippen LogP contribution in [0.3, 0.4) is 0 Å². The van der Waals surface area contributed by atoms with Gasteiger partial charge in [0.15, 0.2) is 11.6 Å². The van der Waals surface area contributed by atoms with E-state index in [1.54, 1.807) is 12.1 Å². The van der Waals surface area contributed by atoms with E-state index < -0.39 is 11.4 Å². The predicted molar refractivity (Wildman–Crippen MR) is 55.3 cm³/mol. The van der Waals surface area contributed by atoms with E-state index in [-0.39, 0.29) is 11.9 Å². The van der Waals surface area contributed by atoms with Gasteiger partial charge in [-0.25, -0.2) is 4.39 Å². The van der Waals surface area contributed by atoms with Gasteiger partial charge in [0.05, 0.1) is 11.7 Å². The topological polar surface area (TPSA) is 29.5 Å². The van der Waals surface area contributed by atoms with E-state index in [9.17, 15) is 9.50 Å². The van der Waals surface area contributed by atoms with Gasteiger partial charge in [0, 0.05) is 0 Å². The zero-order chi connectivity index (χ0) is 11.1. The van der Waals surface area contributed by atoms with E-state index >= 15 is 0 Å². The molecule has 82 valence electrons. The molecule has 0 heterocycles. The van der Waals surface area contributed by atoms with Crippen LogP contribution in [0.4, 0.5) is 4.39 Å². The van der Waals surface area contributed by atoms with Crippen LogP contribution >= 0.6 is 0 Å². The van der Waals surface area contributed by atoms with Crippen molar-refractivity contribution in [1.82, 2.24) is 0 Å². The molecule has 0 aromatic heterocycles. The van der Waals surface area contributed by atoms with Crippen LogP contribution in [0, 0.1) is 5.82 Å². The van der Waals surface area contributed by atoms with Crippen LogP contribution in [0.2, 0.25) is 0 Å². The lowest BCUT2D eigenvalue weighted by Gasteiger charge is -2.13. The van der Waals surface area contributed by atoms with Crippen LogP contribution in [0.25, 0.3) is 0 Å². The van der Waals surface area contributed by atoms with Crippen molar-refractivity contribution in [3.63, 3.8) is 0 Å². The van der Waals surface area contributed by atoms with Crippen LogP contribution in [0.1, 0.15) is 32.3 Å². The van der Waals surface area contributed by atoms with E-state index in [1.165, 1.54) is 6.07 Å². The molecular weight excluding hydrogens is 195 g/mol. The van der Waals surface area contributed by atoms with Gasteiger partial charge in [0.25, 0.3) is 0 Å². The Labute approximate surface area is 88.7 Å². The summed E-state index contributed by atoms with van der Waals surface area (Å²) < 4.78 is 18.8. The predicted octanol–water partition coefficient (Wildman–Crippen LogP) is 2.59. The van der Waals surface area contributed by atoms with E-state index in [2.05, 4.69) is 0 Å². The molecule has 1 fully saturated rings. The number of benzene rings is 1. The Bertz CT molecular complexity index is 370. The first kappa shape index (κ1) is 10.4. The number of halogens is 1. The average molecular weight is 210 g/mol. The molecule has 3 heteroatoms. The first-order chi connectivity index (χ1) is 7.01. The van der Waals surface area contributed by atoms with Crippen LogP contribution < -0.4 is 4.74 Å². The standard InChI is InChI=1S/C12H15FO2/c1-8(2)15-11-4-3-9(7-10(11)13)12(14)5-6-12/h3-4,7-8,14H,5-6H2,1-2H3. The molecule has 2 rings (SSSR count). The number of hydrogen-bond acceptors (Lipinski definition) is 2. The highest BCUT2D eigenvalue weighted by Crippen LogP contribution is 2.45. The maximum Gasteiger partial charge on any atom is 0.165 e. The summed E-state index contributed by atoms with van der Waals surface area (Å²) in [7, 11) is 0. The molecule has 1 aromatic rings. The van der Waals surface area contributed by atoms with E-state index in [1.807, 2.05) is 13.8 Å². The third kappa shape index (κ3) is 2.12. The van der Waals surface area contributed by atoms with Crippen molar-refractivity contribution in [1.29, 1.82) is 0 Å². The van der Waals surface area contributed by atoms with Crippen molar-refractivity contribution < 1.29 is 14.2 Å². The van der Waals surface area contributed by atoms with Crippen LogP contribution in [-0.4, -0.2) is 11.2 Å². The molecule has 0 unspecified atom stereocenters. The SMILES string of the molecule is CC(C)Oc1ccc(C2(O)CC2)cc1F. The highest BCUT2D eigenvalue weighted by molar-refractivity contribution is 5.35. The van der Waals surface area contributed by atoms with Gasteiger partial charge in [-0.05, 0) is 44.4 Å². The minimum atomic E-state index is -0.781. The minimum absolute atomic E-state index is 0.0469. The monoisotopic (exact) mass is 210 g/mol. The van der Waals surface area contributed by atoms with Crippen molar-refractivity contribution in [2.75, 3.05) is 0 Å². The normalized spacial score (nSPS) is 17.9. The molecule has 1 N–H and O–H groups in total. The zero-order valence-electron chi connectivity index (χ0n) is 8.96. The second kappa shape index (κ2) is 3.49. The van der Waals surface area contributed by atoms with E-state index in [0.29, 0.717) is 5.56 Å². The Morgan fingerprint density at radius 3 is 2.53 bits per heavy atom. The lowest BCUT2D eigenvalue weighted by atomic mass is 10.1. The molecule has 0 atom stereocenters. The summed E-state index contributed by atoms with van der Waals surface area (Å²) in [6, 6.07) is 4.68. The summed E-state index contributed by atoms with van der Waals surface area (Å²) in [6.07, 6.45) is 1.39. The molecule has 15 heavy (non-hydrogen) atoms. The first-order valence-electron chi connectivity index (χ1n) is 5.20.